The van der Waals surface area contributed by atoms with Gasteiger partial charge in [-0.25, -0.2) is 4.68 Å². The summed E-state index contributed by atoms with van der Waals surface area (Å²) in [5.41, 5.74) is 10.5. The van der Waals surface area contributed by atoms with Crippen molar-refractivity contribution in [1.29, 1.82) is 0 Å². The Morgan fingerprint density at radius 1 is 0.808 bits per heavy atom. The van der Waals surface area contributed by atoms with E-state index >= 15 is 0 Å². The van der Waals surface area contributed by atoms with Gasteiger partial charge in [-0.05, 0) is 67.9 Å². The van der Waals surface area contributed by atoms with Gasteiger partial charge in [0.1, 0.15) is 0 Å². The Kier molecular flexibility index (Phi) is 5.89. The molecule has 3 nitrogen and oxygen atoms in total. The molecule has 0 unspecified atom stereocenters. The highest BCUT2D eigenvalue weighted by atomic mass is 16.5. The summed E-state index contributed by atoms with van der Waals surface area (Å²) < 4.78 is 7.94. The number of ether oxygens (including phenoxy) is 1. The van der Waals surface area contributed by atoms with Crippen molar-refractivity contribution < 1.29 is 4.74 Å². The van der Waals surface area contributed by atoms with Crippen molar-refractivity contribution in [2.24, 2.45) is 0 Å². The summed E-state index contributed by atoms with van der Waals surface area (Å²) in [7, 11) is 1.76. The second-order valence-corrected chi connectivity index (χ2v) is 8.24. The van der Waals surface area contributed by atoms with Crippen molar-refractivity contribution in [1.82, 2.24) is 9.78 Å². The molecular weight excluding hydrogens is 320 g/mol. The fourth-order valence-corrected chi connectivity index (χ4v) is 4.27. The smallest absolute Gasteiger partial charge is 0.219 e. The second-order valence-electron chi connectivity index (χ2n) is 8.24. The Morgan fingerprint density at radius 2 is 1.31 bits per heavy atom. The van der Waals surface area contributed by atoms with Crippen LogP contribution in [0.1, 0.15) is 80.6 Å². The van der Waals surface area contributed by atoms with Crippen LogP contribution >= 0.6 is 0 Å². The molecule has 0 N–H and O–H groups in total. The molecule has 144 valence electrons. The predicted octanol–water partition coefficient (Wildman–Crippen LogP) is 5.79. The minimum absolute atomic E-state index is 0.0162. The fourth-order valence-electron chi connectivity index (χ4n) is 4.27. The molecule has 0 saturated carbocycles. The van der Waals surface area contributed by atoms with Gasteiger partial charge in [-0.1, -0.05) is 41.5 Å². The first-order valence-corrected chi connectivity index (χ1v) is 9.92. The molecule has 0 aliphatic rings. The standard InChI is InChI=1S/C23H36N2O/c1-11-17-14(4)15(5)20(16(6)18(17)12-2)25-22(26-10)19(13-3)21(24-25)23(7,8)9/h11-13H2,1-10H3. The molecule has 1 heterocycles. The zero-order chi connectivity index (χ0) is 19.8. The maximum atomic E-state index is 5.88. The van der Waals surface area contributed by atoms with Crippen molar-refractivity contribution in [3.05, 3.63) is 39.1 Å². The van der Waals surface area contributed by atoms with E-state index in [1.807, 2.05) is 0 Å². The Hall–Kier alpha value is -1.77. The molecule has 0 saturated heterocycles. The van der Waals surface area contributed by atoms with Crippen molar-refractivity contribution in [3.63, 3.8) is 0 Å². The fraction of sp³-hybridized carbons (Fsp3) is 0.609. The van der Waals surface area contributed by atoms with Crippen molar-refractivity contribution in [3.8, 4) is 11.6 Å². The average molecular weight is 357 g/mol. The monoisotopic (exact) mass is 356 g/mol. The zero-order valence-electron chi connectivity index (χ0n) is 18.4. The summed E-state index contributed by atoms with van der Waals surface area (Å²) in [6.07, 6.45) is 3.03. The maximum Gasteiger partial charge on any atom is 0.219 e. The third-order valence-corrected chi connectivity index (χ3v) is 5.66. The Bertz CT molecular complexity index is 807. The number of hydrogen-bond donors (Lipinski definition) is 0. The molecule has 0 fully saturated rings. The number of nitrogens with zero attached hydrogens (tertiary/aromatic N) is 2. The minimum atomic E-state index is -0.0162. The molecule has 0 aliphatic carbocycles. The van der Waals surface area contributed by atoms with Crippen LogP contribution in [0.25, 0.3) is 5.69 Å². The zero-order valence-corrected chi connectivity index (χ0v) is 18.4. The van der Waals surface area contributed by atoms with Gasteiger partial charge in [-0.15, -0.1) is 0 Å². The first-order valence-electron chi connectivity index (χ1n) is 9.92. The molecule has 2 aromatic rings. The normalized spacial score (nSPS) is 11.9. The van der Waals surface area contributed by atoms with Crippen molar-refractivity contribution in [2.45, 2.75) is 87.0 Å². The molecule has 0 aliphatic heterocycles. The summed E-state index contributed by atoms with van der Waals surface area (Å²) in [4.78, 5) is 0. The summed E-state index contributed by atoms with van der Waals surface area (Å²) >= 11 is 0. The second kappa shape index (κ2) is 7.46. The maximum absolute atomic E-state index is 5.88. The van der Waals surface area contributed by atoms with Gasteiger partial charge >= 0.3 is 0 Å². The van der Waals surface area contributed by atoms with E-state index < -0.39 is 0 Å². The van der Waals surface area contributed by atoms with Gasteiger partial charge in [0.15, 0.2) is 0 Å². The van der Waals surface area contributed by atoms with Crippen LogP contribution in [-0.2, 0) is 24.7 Å². The molecule has 0 amide bonds. The lowest BCUT2D eigenvalue weighted by atomic mass is 9.88. The quantitative estimate of drug-likeness (QED) is 0.678. The molecule has 1 aromatic carbocycles. The third kappa shape index (κ3) is 3.17. The van der Waals surface area contributed by atoms with Crippen LogP contribution in [0.15, 0.2) is 0 Å². The number of rotatable bonds is 5. The summed E-state index contributed by atoms with van der Waals surface area (Å²) in [5.74, 6) is 0.884. The van der Waals surface area contributed by atoms with Gasteiger partial charge in [0.05, 0.1) is 18.5 Å². The van der Waals surface area contributed by atoms with Crippen LogP contribution in [0.5, 0.6) is 5.88 Å². The lowest BCUT2D eigenvalue weighted by Gasteiger charge is -2.22. The van der Waals surface area contributed by atoms with E-state index in [0.29, 0.717) is 0 Å². The summed E-state index contributed by atoms with van der Waals surface area (Å²) in [6, 6.07) is 0. The molecule has 0 radical (unpaired) electrons. The number of aromatic nitrogens is 2. The lowest BCUT2D eigenvalue weighted by Crippen LogP contribution is -2.15. The number of benzene rings is 1. The van der Waals surface area contributed by atoms with Crippen LogP contribution in [-0.4, -0.2) is 16.9 Å². The Morgan fingerprint density at radius 3 is 1.73 bits per heavy atom. The van der Waals surface area contributed by atoms with Crippen molar-refractivity contribution >= 4 is 0 Å². The van der Waals surface area contributed by atoms with Crippen LogP contribution in [0, 0.1) is 20.8 Å². The van der Waals surface area contributed by atoms with Crippen molar-refractivity contribution in [2.75, 3.05) is 7.11 Å². The van der Waals surface area contributed by atoms with E-state index in [1.54, 1.807) is 7.11 Å². The topological polar surface area (TPSA) is 27.1 Å². The molecule has 0 atom stereocenters. The van der Waals surface area contributed by atoms with Gasteiger partial charge < -0.3 is 4.74 Å². The largest absolute Gasteiger partial charge is 0.481 e. The highest BCUT2D eigenvalue weighted by molar-refractivity contribution is 5.60. The Balaban J connectivity index is 2.93. The minimum Gasteiger partial charge on any atom is -0.481 e. The predicted molar refractivity (Wildman–Crippen MR) is 111 cm³/mol. The van der Waals surface area contributed by atoms with Crippen LogP contribution in [0.2, 0.25) is 0 Å². The van der Waals surface area contributed by atoms with Gasteiger partial charge in [0, 0.05) is 11.0 Å². The van der Waals surface area contributed by atoms with Crippen LogP contribution in [0.4, 0.5) is 0 Å². The SMILES string of the molecule is CCc1c(C)c(C)c(-n2nc(C(C)(C)C)c(CC)c2OC)c(C)c1CC. The first-order chi connectivity index (χ1) is 12.1. The van der Waals surface area contributed by atoms with Gasteiger partial charge in [0.25, 0.3) is 0 Å². The molecule has 2 rings (SSSR count). The van der Waals surface area contributed by atoms with Crippen LogP contribution < -0.4 is 4.74 Å². The molecule has 0 spiro atoms. The molecule has 1 aromatic heterocycles. The Labute approximate surface area is 159 Å². The molecular formula is C23H36N2O. The van der Waals surface area contributed by atoms with Gasteiger partial charge in [0.2, 0.25) is 5.88 Å². The first kappa shape index (κ1) is 20.5. The van der Waals surface area contributed by atoms with E-state index in [4.69, 9.17) is 9.84 Å². The van der Waals surface area contributed by atoms with E-state index in [0.717, 1.165) is 30.8 Å². The van der Waals surface area contributed by atoms with Gasteiger partial charge in [-0.2, -0.15) is 5.10 Å². The van der Waals surface area contributed by atoms with Crippen LogP contribution in [0.3, 0.4) is 0 Å². The van der Waals surface area contributed by atoms with E-state index in [-0.39, 0.29) is 5.41 Å². The summed E-state index contributed by atoms with van der Waals surface area (Å²) in [6.45, 7) is 20.1. The number of hydrogen-bond acceptors (Lipinski definition) is 2. The lowest BCUT2D eigenvalue weighted by molar-refractivity contribution is 0.379. The molecule has 0 bridgehead atoms. The number of methoxy groups -OCH3 is 1. The van der Waals surface area contributed by atoms with Gasteiger partial charge in [-0.3, -0.25) is 0 Å². The van der Waals surface area contributed by atoms with E-state index in [1.165, 1.54) is 39.1 Å². The van der Waals surface area contributed by atoms with E-state index in [9.17, 15) is 0 Å². The highest BCUT2D eigenvalue weighted by Crippen LogP contribution is 2.37. The summed E-state index contributed by atoms with van der Waals surface area (Å²) in [5, 5.41) is 5.08. The third-order valence-electron chi connectivity index (χ3n) is 5.66. The molecule has 3 heteroatoms. The highest BCUT2D eigenvalue weighted by Gasteiger charge is 2.29. The molecule has 26 heavy (non-hydrogen) atoms. The van der Waals surface area contributed by atoms with E-state index in [2.05, 4.69) is 67.0 Å². The average Bonchev–Trinajstić information content (AvgIpc) is 2.96.